The molecule has 0 amide bonds. The largest absolute Gasteiger partial charge is 4.00 e. The second kappa shape index (κ2) is 22.5. The van der Waals surface area contributed by atoms with Crippen molar-refractivity contribution < 1.29 is 144 Å². The van der Waals surface area contributed by atoms with Crippen LogP contribution in [0.3, 0.4) is 0 Å². The van der Waals surface area contributed by atoms with Crippen LogP contribution in [0.25, 0.3) is 0 Å². The van der Waals surface area contributed by atoms with Crippen LogP contribution in [0, 0.1) is 0 Å². The molecule has 0 bridgehead atoms. The molecule has 0 fully saturated rings. The first-order valence-corrected chi connectivity index (χ1v) is 8.76. The van der Waals surface area contributed by atoms with Crippen molar-refractivity contribution in [2.24, 2.45) is 0 Å². The van der Waals surface area contributed by atoms with Gasteiger partial charge in [-0.15, -0.1) is 0 Å². The summed E-state index contributed by atoms with van der Waals surface area (Å²) in [5, 5.41) is 0. The zero-order chi connectivity index (χ0) is 18.0. The molecular weight excluding hydrogens is 553 g/mol. The van der Waals surface area contributed by atoms with E-state index < -0.39 is 31.3 Å². The molecule has 0 aromatic rings. The maximum Gasteiger partial charge on any atom is 4.00 e. The van der Waals surface area contributed by atoms with Gasteiger partial charge in [0.05, 0.1) is 0 Å². The number of rotatable bonds is 0. The summed E-state index contributed by atoms with van der Waals surface area (Å²) in [6.07, 6.45) is 0. The van der Waals surface area contributed by atoms with Crippen molar-refractivity contribution in [3.8, 4) is 0 Å². The molecular formula is AlLiO16P4TiZr. The maximum atomic E-state index is 8.55. The summed E-state index contributed by atoms with van der Waals surface area (Å²) >= 11 is 0. The molecule has 0 aliphatic carbocycles. The zero-order valence-electron chi connectivity index (χ0n) is 10.9. The summed E-state index contributed by atoms with van der Waals surface area (Å²) < 4.78 is 34.2. The molecule has 24 heteroatoms. The topological polar surface area (TPSA) is 345 Å². The van der Waals surface area contributed by atoms with Crippen LogP contribution in [-0.4, -0.2) is 17.4 Å². The van der Waals surface area contributed by atoms with E-state index >= 15 is 0 Å². The predicted molar refractivity (Wildman–Crippen MR) is 36.2 cm³/mol. The van der Waals surface area contributed by atoms with Crippen molar-refractivity contribution in [3.05, 3.63) is 0 Å². The number of hydrogen-bond donors (Lipinski definition) is 0. The molecule has 0 saturated heterocycles. The molecule has 0 radical (unpaired) electrons. The van der Waals surface area contributed by atoms with Crippen molar-refractivity contribution in [1.29, 1.82) is 0 Å². The van der Waals surface area contributed by atoms with Crippen LogP contribution >= 0.6 is 31.3 Å². The van der Waals surface area contributed by atoms with Gasteiger partial charge in [-0.1, -0.05) is 0 Å². The number of phosphoric acid groups is 4. The van der Waals surface area contributed by atoms with Crippen molar-refractivity contribution in [2.45, 2.75) is 0 Å². The SMILES string of the molecule is O=P([O-])([O-])[O-].O=P([O-])([O-])[O-].O=P([O-])([O-])[O-].O=P([O-])([O-])[O-].[Al+3].[Li+].[Ti+4].[Zr+4]. The van der Waals surface area contributed by atoms with Crippen LogP contribution in [0.5, 0.6) is 0 Å². The molecule has 0 saturated carbocycles. The Labute approximate surface area is 191 Å². The van der Waals surface area contributed by atoms with Crippen LogP contribution in [0.4, 0.5) is 0 Å². The summed E-state index contributed by atoms with van der Waals surface area (Å²) in [4.78, 5) is 103. The van der Waals surface area contributed by atoms with E-state index in [0.29, 0.717) is 0 Å². The molecule has 24 heavy (non-hydrogen) atoms. The van der Waals surface area contributed by atoms with Gasteiger partial charge in [-0.2, -0.15) is 31.3 Å². The van der Waals surface area contributed by atoms with Gasteiger partial charge in [0.15, 0.2) is 0 Å². The van der Waals surface area contributed by atoms with Gasteiger partial charge in [-0.3, -0.25) is 0 Å². The smallest absolute Gasteiger partial charge is 0.822 e. The quantitative estimate of drug-likeness (QED) is 0.198. The average Bonchev–Trinajstić information content (AvgIpc) is 1.62. The van der Waals surface area contributed by atoms with Crippen molar-refractivity contribution >= 4 is 48.7 Å². The minimum Gasteiger partial charge on any atom is -0.822 e. The third-order valence-corrected chi connectivity index (χ3v) is 0. The molecule has 0 atom stereocenters. The van der Waals surface area contributed by atoms with Gasteiger partial charge >= 0.3 is 84.1 Å². The molecule has 16 nitrogen and oxygen atoms in total. The van der Waals surface area contributed by atoms with E-state index in [1.807, 2.05) is 0 Å². The summed E-state index contributed by atoms with van der Waals surface area (Å²) in [6.45, 7) is 0. The third-order valence-electron chi connectivity index (χ3n) is 0. The summed E-state index contributed by atoms with van der Waals surface area (Å²) in [6, 6.07) is 0. The van der Waals surface area contributed by atoms with Gasteiger partial charge in [-0.05, 0) is 0 Å². The molecule has 0 N–H and O–H groups in total. The van der Waals surface area contributed by atoms with Gasteiger partial charge < -0.3 is 77.0 Å². The standard InChI is InChI=1S/Al.Li.4H3O4P.Ti.Zr/c;;4*1-5(2,3)4;;/h;;4*(H3,1,2,3,4);;/q+3;+1;;;;;2*+4/p-12. The van der Waals surface area contributed by atoms with Gasteiger partial charge in [0.25, 0.3) is 0 Å². The molecule has 0 rings (SSSR count). The van der Waals surface area contributed by atoms with Gasteiger partial charge in [0.2, 0.25) is 0 Å². The molecule has 128 valence electrons. The van der Waals surface area contributed by atoms with Crippen LogP contribution in [0.1, 0.15) is 0 Å². The first-order chi connectivity index (χ1) is 8.00. The number of hydrogen-bond acceptors (Lipinski definition) is 16. The predicted octanol–water partition coefficient (Wildman–Crippen LogP) is -14.7. The Kier molecular flexibility index (Phi) is 47.4. The Bertz CT molecular complexity index is 303. The first kappa shape index (κ1) is 50.6. The fourth-order valence-electron chi connectivity index (χ4n) is 0. The second-order valence-electron chi connectivity index (χ2n) is 1.79. The summed E-state index contributed by atoms with van der Waals surface area (Å²) in [5.74, 6) is 0. The zero-order valence-corrected chi connectivity index (χ0v) is 19.7. The van der Waals surface area contributed by atoms with Crippen molar-refractivity contribution in [3.63, 3.8) is 0 Å². The van der Waals surface area contributed by atoms with Gasteiger partial charge in [0, 0.05) is 0 Å². The van der Waals surface area contributed by atoms with Crippen LogP contribution in [0.2, 0.25) is 0 Å². The van der Waals surface area contributed by atoms with E-state index in [9.17, 15) is 0 Å². The second-order valence-corrected chi connectivity index (χ2v) is 5.37. The van der Waals surface area contributed by atoms with E-state index in [2.05, 4.69) is 0 Å². The normalized spacial score (nSPS) is 9.83. The van der Waals surface area contributed by atoms with E-state index in [-0.39, 0.29) is 84.1 Å². The molecule has 0 heterocycles. The van der Waals surface area contributed by atoms with E-state index in [1.165, 1.54) is 0 Å². The minimum absolute atomic E-state index is 0. The average molecular weight is 553 g/mol. The van der Waals surface area contributed by atoms with E-state index in [0.717, 1.165) is 0 Å². The Hall–Kier alpha value is 3.17. The van der Waals surface area contributed by atoms with Crippen LogP contribution in [0.15, 0.2) is 0 Å². The maximum absolute atomic E-state index is 8.55. The molecule has 0 aliphatic rings. The van der Waals surface area contributed by atoms with Crippen LogP contribution < -0.4 is 77.6 Å². The Morgan fingerprint density at radius 1 is 0.417 bits per heavy atom. The Balaban J connectivity index is -0.0000000225. The molecule has 0 aliphatic heterocycles. The van der Waals surface area contributed by atoms with Crippen molar-refractivity contribution in [2.75, 3.05) is 0 Å². The third kappa shape index (κ3) is 1470. The minimum atomic E-state index is -5.39. The van der Waals surface area contributed by atoms with Gasteiger partial charge in [0.1, 0.15) is 0 Å². The molecule has 0 unspecified atom stereocenters. The van der Waals surface area contributed by atoms with Crippen molar-refractivity contribution in [1.82, 2.24) is 0 Å². The molecule has 0 aromatic heterocycles. The molecule has 0 aromatic carbocycles. The summed E-state index contributed by atoms with van der Waals surface area (Å²) in [7, 11) is -21.6. The Morgan fingerprint density at radius 2 is 0.417 bits per heavy atom. The van der Waals surface area contributed by atoms with E-state index in [4.69, 9.17) is 77.0 Å². The van der Waals surface area contributed by atoms with Gasteiger partial charge in [-0.25, -0.2) is 0 Å². The fraction of sp³-hybridized carbons (Fsp3) is 0. The van der Waals surface area contributed by atoms with Crippen LogP contribution in [-0.2, 0) is 66.2 Å². The Morgan fingerprint density at radius 3 is 0.417 bits per heavy atom. The summed E-state index contributed by atoms with van der Waals surface area (Å²) in [5.41, 5.74) is 0. The molecule has 0 spiro atoms. The van der Waals surface area contributed by atoms with E-state index in [1.54, 1.807) is 0 Å². The monoisotopic (exact) mass is 552 g/mol. The first-order valence-electron chi connectivity index (χ1n) is 2.92. The fourth-order valence-corrected chi connectivity index (χ4v) is 0.